The molecule has 0 bridgehead atoms. The minimum Gasteiger partial charge on any atom is -0.490 e. The van der Waals surface area contributed by atoms with Gasteiger partial charge in [-0.25, -0.2) is 4.39 Å². The molecule has 1 fully saturated rings. The molecule has 0 aromatic heterocycles. The summed E-state index contributed by atoms with van der Waals surface area (Å²) in [7, 11) is 0. The Balaban J connectivity index is 1.99. The van der Waals surface area contributed by atoms with Gasteiger partial charge in [0.2, 0.25) is 5.71 Å². The Hall–Kier alpha value is -2.70. The van der Waals surface area contributed by atoms with E-state index in [2.05, 4.69) is 15.4 Å². The lowest BCUT2D eigenvalue weighted by atomic mass is 10.3. The summed E-state index contributed by atoms with van der Waals surface area (Å²) in [4.78, 5) is 2.21. The van der Waals surface area contributed by atoms with Crippen molar-refractivity contribution < 1.29 is 13.9 Å². The summed E-state index contributed by atoms with van der Waals surface area (Å²) in [5.74, 6) is -0.556. The Morgan fingerprint density at radius 3 is 2.92 bits per heavy atom. The smallest absolute Gasteiger partial charge is 0.201 e. The lowest BCUT2D eigenvalue weighted by Crippen LogP contribution is -2.38. The Morgan fingerprint density at radius 1 is 1.50 bits per heavy atom. The van der Waals surface area contributed by atoms with Crippen LogP contribution in [0.15, 0.2) is 23.3 Å². The number of hydrazone groups is 1. The van der Waals surface area contributed by atoms with Crippen molar-refractivity contribution in [1.29, 1.82) is 10.7 Å². The van der Waals surface area contributed by atoms with Gasteiger partial charge in [-0.15, -0.1) is 0 Å². The van der Waals surface area contributed by atoms with Crippen LogP contribution in [-0.4, -0.2) is 55.9 Å². The predicted octanol–water partition coefficient (Wildman–Crippen LogP) is 0.764. The van der Waals surface area contributed by atoms with Crippen molar-refractivity contribution in [3.05, 3.63) is 24.0 Å². The van der Waals surface area contributed by atoms with Gasteiger partial charge in [0.15, 0.2) is 5.84 Å². The number of halogens is 1. The van der Waals surface area contributed by atoms with Crippen LogP contribution >= 0.6 is 0 Å². The van der Waals surface area contributed by atoms with Gasteiger partial charge in [0.1, 0.15) is 29.9 Å². The third-order valence-electron chi connectivity index (χ3n) is 3.36. The fourth-order valence-electron chi connectivity index (χ4n) is 2.09. The number of nitriles is 1. The second kappa shape index (κ2) is 8.81. The second-order valence-corrected chi connectivity index (χ2v) is 5.04. The molecule has 2 rings (SSSR count). The number of anilines is 1. The molecule has 1 saturated heterocycles. The van der Waals surface area contributed by atoms with Crippen LogP contribution in [0, 0.1) is 22.6 Å². The zero-order chi connectivity index (χ0) is 17.4. The fourth-order valence-corrected chi connectivity index (χ4v) is 2.09. The van der Waals surface area contributed by atoms with Gasteiger partial charge >= 0.3 is 0 Å². The Labute approximate surface area is 139 Å². The molecule has 128 valence electrons. The second-order valence-electron chi connectivity index (χ2n) is 5.04. The summed E-state index contributed by atoms with van der Waals surface area (Å²) in [5.41, 5.74) is 7.69. The molecular weight excluding hydrogens is 315 g/mol. The summed E-state index contributed by atoms with van der Waals surface area (Å²) < 4.78 is 24.4. The summed E-state index contributed by atoms with van der Waals surface area (Å²) >= 11 is 0. The Morgan fingerprint density at radius 2 is 2.25 bits per heavy atom. The topological polar surface area (TPSA) is 120 Å². The van der Waals surface area contributed by atoms with Crippen LogP contribution in [0.25, 0.3) is 0 Å². The van der Waals surface area contributed by atoms with Crippen molar-refractivity contribution in [2.75, 3.05) is 44.9 Å². The molecule has 1 heterocycles. The van der Waals surface area contributed by atoms with Gasteiger partial charge in [-0.05, 0) is 12.1 Å². The number of nitrogens with two attached hydrogens (primary N) is 1. The SMILES string of the molecule is N#C/C(=N\Nc1cc(F)ccc1OCCN1CCOCC1)C(=N)N. The van der Waals surface area contributed by atoms with E-state index < -0.39 is 11.7 Å². The summed E-state index contributed by atoms with van der Waals surface area (Å²) in [6, 6.07) is 5.63. The minimum absolute atomic E-state index is 0.256. The average Bonchev–Trinajstić information content (AvgIpc) is 2.58. The van der Waals surface area contributed by atoms with E-state index in [1.54, 1.807) is 6.07 Å². The number of nitrogens with zero attached hydrogens (tertiary/aromatic N) is 3. The van der Waals surface area contributed by atoms with Crippen molar-refractivity contribution in [3.8, 4) is 11.8 Å². The maximum atomic E-state index is 13.4. The van der Waals surface area contributed by atoms with E-state index in [9.17, 15) is 4.39 Å². The summed E-state index contributed by atoms with van der Waals surface area (Å²) in [5, 5.41) is 19.7. The van der Waals surface area contributed by atoms with Crippen LogP contribution in [0.4, 0.5) is 10.1 Å². The number of benzene rings is 1. The van der Waals surface area contributed by atoms with E-state index in [1.807, 2.05) is 0 Å². The molecule has 1 aromatic carbocycles. The lowest BCUT2D eigenvalue weighted by Gasteiger charge is -2.26. The normalized spacial score (nSPS) is 15.6. The summed E-state index contributed by atoms with van der Waals surface area (Å²) in [6.45, 7) is 4.26. The van der Waals surface area contributed by atoms with Crippen LogP contribution in [0.3, 0.4) is 0 Å². The number of ether oxygens (including phenoxy) is 2. The first-order valence-electron chi connectivity index (χ1n) is 7.41. The van der Waals surface area contributed by atoms with Gasteiger partial charge in [-0.1, -0.05) is 0 Å². The molecule has 0 unspecified atom stereocenters. The van der Waals surface area contributed by atoms with Gasteiger partial charge in [0, 0.05) is 25.7 Å². The number of morpholine rings is 1. The quantitative estimate of drug-likeness (QED) is 0.385. The molecule has 4 N–H and O–H groups in total. The van der Waals surface area contributed by atoms with Crippen molar-refractivity contribution in [2.45, 2.75) is 0 Å². The molecule has 0 atom stereocenters. The zero-order valence-corrected chi connectivity index (χ0v) is 13.1. The molecule has 1 aliphatic rings. The third-order valence-corrected chi connectivity index (χ3v) is 3.36. The number of hydrogen-bond donors (Lipinski definition) is 3. The number of rotatable bonds is 7. The lowest BCUT2D eigenvalue weighted by molar-refractivity contribution is 0.0323. The molecule has 9 heteroatoms. The third kappa shape index (κ3) is 5.19. The highest BCUT2D eigenvalue weighted by Crippen LogP contribution is 2.25. The molecular formula is C15H19FN6O2. The van der Waals surface area contributed by atoms with Gasteiger partial charge in [0.05, 0.1) is 13.2 Å². The van der Waals surface area contributed by atoms with Crippen molar-refractivity contribution in [1.82, 2.24) is 4.90 Å². The Kier molecular flexibility index (Phi) is 6.48. The molecule has 0 radical (unpaired) electrons. The maximum absolute atomic E-state index is 13.4. The summed E-state index contributed by atoms with van der Waals surface area (Å²) in [6.07, 6.45) is 0. The van der Waals surface area contributed by atoms with E-state index >= 15 is 0 Å². The van der Waals surface area contributed by atoms with Crippen LogP contribution in [-0.2, 0) is 4.74 Å². The number of hydrogen-bond acceptors (Lipinski definition) is 7. The van der Waals surface area contributed by atoms with Crippen LogP contribution in [0.2, 0.25) is 0 Å². The van der Waals surface area contributed by atoms with Gasteiger partial charge < -0.3 is 15.2 Å². The standard InChI is InChI=1S/C15H19FN6O2/c16-11-1-2-14(24-8-5-22-3-6-23-7-4-22)12(9-11)20-21-13(10-17)15(18)19/h1-2,9,20H,3-8H2,(H3,18,19)/b21-13+. The zero-order valence-electron chi connectivity index (χ0n) is 13.1. The van der Waals surface area contributed by atoms with Crippen molar-refractivity contribution >= 4 is 17.2 Å². The van der Waals surface area contributed by atoms with Crippen LogP contribution in [0.5, 0.6) is 5.75 Å². The average molecular weight is 334 g/mol. The molecule has 0 saturated carbocycles. The molecule has 1 aromatic rings. The highest BCUT2D eigenvalue weighted by molar-refractivity contribution is 6.45. The molecule has 24 heavy (non-hydrogen) atoms. The van der Waals surface area contributed by atoms with Gasteiger partial charge in [-0.3, -0.25) is 15.7 Å². The van der Waals surface area contributed by atoms with Crippen LogP contribution < -0.4 is 15.9 Å². The van der Waals surface area contributed by atoms with Gasteiger partial charge in [0.25, 0.3) is 0 Å². The van der Waals surface area contributed by atoms with E-state index in [-0.39, 0.29) is 11.4 Å². The molecule has 1 aliphatic heterocycles. The number of amidine groups is 1. The monoisotopic (exact) mass is 334 g/mol. The first-order chi connectivity index (χ1) is 11.6. The highest BCUT2D eigenvalue weighted by atomic mass is 19.1. The first-order valence-corrected chi connectivity index (χ1v) is 7.41. The largest absolute Gasteiger partial charge is 0.490 e. The highest BCUT2D eigenvalue weighted by Gasteiger charge is 2.11. The van der Waals surface area contributed by atoms with E-state index in [4.69, 9.17) is 25.9 Å². The van der Waals surface area contributed by atoms with E-state index in [0.717, 1.165) is 19.6 Å². The maximum Gasteiger partial charge on any atom is 0.201 e. The predicted molar refractivity (Wildman–Crippen MR) is 87.7 cm³/mol. The van der Waals surface area contributed by atoms with E-state index in [1.165, 1.54) is 18.2 Å². The minimum atomic E-state index is -0.477. The van der Waals surface area contributed by atoms with Crippen LogP contribution in [0.1, 0.15) is 0 Å². The van der Waals surface area contributed by atoms with Gasteiger partial charge in [-0.2, -0.15) is 10.4 Å². The van der Waals surface area contributed by atoms with E-state index in [0.29, 0.717) is 25.6 Å². The Bertz CT molecular complexity index is 652. The molecule has 0 amide bonds. The fraction of sp³-hybridized carbons (Fsp3) is 0.400. The number of nitrogens with one attached hydrogen (secondary N) is 2. The first kappa shape index (κ1) is 17.7. The molecule has 0 spiro atoms. The molecule has 8 nitrogen and oxygen atoms in total. The molecule has 0 aliphatic carbocycles. The van der Waals surface area contributed by atoms with Crippen molar-refractivity contribution in [2.24, 2.45) is 10.8 Å². The van der Waals surface area contributed by atoms with Crippen molar-refractivity contribution in [3.63, 3.8) is 0 Å².